The van der Waals surface area contributed by atoms with Crippen LogP contribution in [0.2, 0.25) is 10.0 Å². The zero-order chi connectivity index (χ0) is 21.5. The summed E-state index contributed by atoms with van der Waals surface area (Å²) in [6.45, 7) is 2.11. The number of benzene rings is 1. The van der Waals surface area contributed by atoms with E-state index in [1.807, 2.05) is 0 Å². The third-order valence-electron chi connectivity index (χ3n) is 3.50. The SMILES string of the molecule is CCOC(=O)CCCC(O)C#CC=CC=CC(O)CC#Cc1ccc(Cl)c(Cl)c1. The number of aliphatic hydroxyl groups is 2. The third-order valence-corrected chi connectivity index (χ3v) is 4.24. The number of ether oxygens (including phenoxy) is 1. The van der Waals surface area contributed by atoms with Gasteiger partial charge in [0.05, 0.1) is 22.8 Å². The van der Waals surface area contributed by atoms with Crippen LogP contribution in [0.3, 0.4) is 0 Å². The van der Waals surface area contributed by atoms with Crippen molar-refractivity contribution in [2.24, 2.45) is 0 Å². The molecule has 29 heavy (non-hydrogen) atoms. The largest absolute Gasteiger partial charge is 0.466 e. The van der Waals surface area contributed by atoms with Crippen LogP contribution in [0.15, 0.2) is 42.5 Å². The van der Waals surface area contributed by atoms with Gasteiger partial charge in [0.15, 0.2) is 0 Å². The highest BCUT2D eigenvalue weighted by Gasteiger charge is 2.04. The molecule has 2 N–H and O–H groups in total. The molecule has 0 amide bonds. The Bertz CT molecular complexity index is 838. The molecule has 0 aliphatic carbocycles. The Morgan fingerprint density at radius 3 is 2.76 bits per heavy atom. The van der Waals surface area contributed by atoms with Crippen molar-refractivity contribution in [3.8, 4) is 23.7 Å². The first-order valence-electron chi connectivity index (χ1n) is 9.22. The van der Waals surface area contributed by atoms with Crippen LogP contribution >= 0.6 is 23.2 Å². The number of carbonyl (C=O) groups is 1. The number of hydrogen-bond acceptors (Lipinski definition) is 4. The average molecular weight is 435 g/mol. The molecule has 6 heteroatoms. The molecule has 154 valence electrons. The fourth-order valence-electron chi connectivity index (χ4n) is 2.09. The van der Waals surface area contributed by atoms with Crippen molar-refractivity contribution in [2.45, 2.75) is 44.8 Å². The van der Waals surface area contributed by atoms with Gasteiger partial charge in [0.2, 0.25) is 0 Å². The standard InChI is InChI=1S/C23H24Cl2O4/c1-2-29-23(28)14-8-13-20(27)11-6-4-3-5-10-19(26)12-7-9-18-15-16-21(24)22(25)17-18/h3-5,10,15-17,19-20,26-27H,2,8,12-14H2,1H3. The second-order valence-corrected chi connectivity index (χ2v) is 6.76. The zero-order valence-corrected chi connectivity index (χ0v) is 17.7. The first kappa shape index (κ1) is 24.8. The van der Waals surface area contributed by atoms with Crippen LogP contribution in [0.5, 0.6) is 0 Å². The van der Waals surface area contributed by atoms with Crippen LogP contribution < -0.4 is 0 Å². The van der Waals surface area contributed by atoms with E-state index in [0.717, 1.165) is 5.56 Å². The molecule has 0 bridgehead atoms. The fourth-order valence-corrected chi connectivity index (χ4v) is 2.38. The van der Waals surface area contributed by atoms with Crippen molar-refractivity contribution in [2.75, 3.05) is 6.61 Å². The summed E-state index contributed by atoms with van der Waals surface area (Å²) >= 11 is 11.8. The van der Waals surface area contributed by atoms with E-state index in [9.17, 15) is 15.0 Å². The van der Waals surface area contributed by atoms with Crippen LogP contribution in [0.1, 0.15) is 38.2 Å². The minimum absolute atomic E-state index is 0.266. The van der Waals surface area contributed by atoms with Crippen molar-refractivity contribution in [1.82, 2.24) is 0 Å². The lowest BCUT2D eigenvalue weighted by molar-refractivity contribution is -0.143. The summed E-state index contributed by atoms with van der Waals surface area (Å²) in [5.74, 6) is 10.9. The second-order valence-electron chi connectivity index (χ2n) is 5.95. The first-order valence-corrected chi connectivity index (χ1v) is 9.98. The van der Waals surface area contributed by atoms with E-state index >= 15 is 0 Å². The molecule has 0 radical (unpaired) electrons. The Morgan fingerprint density at radius 1 is 1.24 bits per heavy atom. The van der Waals surface area contributed by atoms with Gasteiger partial charge >= 0.3 is 5.97 Å². The lowest BCUT2D eigenvalue weighted by Crippen LogP contribution is -2.07. The molecule has 1 aromatic rings. The number of carbonyl (C=O) groups excluding carboxylic acids is 1. The quantitative estimate of drug-likeness (QED) is 0.363. The molecule has 0 aromatic heterocycles. The van der Waals surface area contributed by atoms with Crippen molar-refractivity contribution < 1.29 is 19.7 Å². The Kier molecular flexibility index (Phi) is 12.6. The summed E-state index contributed by atoms with van der Waals surface area (Å²) in [7, 11) is 0. The molecule has 0 saturated carbocycles. The Balaban J connectivity index is 2.31. The molecule has 0 fully saturated rings. The van der Waals surface area contributed by atoms with Crippen LogP contribution in [0.25, 0.3) is 0 Å². The van der Waals surface area contributed by atoms with Gasteiger partial charge in [-0.2, -0.15) is 0 Å². The number of aliphatic hydroxyl groups excluding tert-OH is 2. The highest BCUT2D eigenvalue weighted by atomic mass is 35.5. The van der Waals surface area contributed by atoms with Crippen LogP contribution in [0.4, 0.5) is 0 Å². The molecule has 0 aliphatic heterocycles. The highest BCUT2D eigenvalue weighted by Crippen LogP contribution is 2.22. The predicted octanol–water partition coefficient (Wildman–Crippen LogP) is 4.31. The van der Waals surface area contributed by atoms with Gasteiger partial charge in [0.25, 0.3) is 0 Å². The van der Waals surface area contributed by atoms with Gasteiger partial charge in [-0.05, 0) is 44.0 Å². The van der Waals surface area contributed by atoms with Crippen molar-refractivity contribution >= 4 is 29.2 Å². The van der Waals surface area contributed by atoms with E-state index < -0.39 is 12.2 Å². The molecular formula is C23H24Cl2O4. The molecule has 0 heterocycles. The van der Waals surface area contributed by atoms with Crippen LogP contribution in [0, 0.1) is 23.7 Å². The van der Waals surface area contributed by atoms with E-state index in [1.165, 1.54) is 0 Å². The predicted molar refractivity (Wildman–Crippen MR) is 117 cm³/mol. The van der Waals surface area contributed by atoms with Crippen molar-refractivity contribution in [1.29, 1.82) is 0 Å². The minimum Gasteiger partial charge on any atom is -0.466 e. The number of allylic oxidation sites excluding steroid dienone is 3. The van der Waals surface area contributed by atoms with Crippen molar-refractivity contribution in [3.63, 3.8) is 0 Å². The van der Waals surface area contributed by atoms with Gasteiger partial charge in [-0.1, -0.05) is 65.1 Å². The fraction of sp³-hybridized carbons (Fsp3) is 0.348. The third kappa shape index (κ3) is 12.1. The molecule has 1 aromatic carbocycles. The van der Waals surface area contributed by atoms with E-state index in [-0.39, 0.29) is 18.8 Å². The molecular weight excluding hydrogens is 411 g/mol. The highest BCUT2D eigenvalue weighted by molar-refractivity contribution is 6.42. The van der Waals surface area contributed by atoms with Gasteiger partial charge < -0.3 is 14.9 Å². The second kappa shape index (κ2) is 14.7. The van der Waals surface area contributed by atoms with Crippen molar-refractivity contribution in [3.05, 3.63) is 58.1 Å². The monoisotopic (exact) mass is 434 g/mol. The summed E-state index contributed by atoms with van der Waals surface area (Å²) in [5.41, 5.74) is 0.728. The van der Waals surface area contributed by atoms with E-state index in [1.54, 1.807) is 49.4 Å². The number of rotatable bonds is 8. The van der Waals surface area contributed by atoms with Gasteiger partial charge in [0, 0.05) is 18.4 Å². The van der Waals surface area contributed by atoms with Crippen LogP contribution in [-0.4, -0.2) is 35.0 Å². The molecule has 0 spiro atoms. The number of halogens is 2. The van der Waals surface area contributed by atoms with E-state index in [2.05, 4.69) is 23.7 Å². The average Bonchev–Trinajstić information content (AvgIpc) is 2.67. The topological polar surface area (TPSA) is 66.8 Å². The van der Waals surface area contributed by atoms with Gasteiger partial charge in [-0.25, -0.2) is 0 Å². The number of esters is 1. The summed E-state index contributed by atoms with van der Waals surface area (Å²) in [6, 6.07) is 5.11. The van der Waals surface area contributed by atoms with E-state index in [4.69, 9.17) is 27.9 Å². The maximum Gasteiger partial charge on any atom is 0.305 e. The Morgan fingerprint density at radius 2 is 2.03 bits per heavy atom. The first-order chi connectivity index (χ1) is 13.9. The Labute approximate surface area is 182 Å². The van der Waals surface area contributed by atoms with Crippen LogP contribution in [-0.2, 0) is 9.53 Å². The summed E-state index contributed by atoms with van der Waals surface area (Å²) < 4.78 is 4.81. The summed E-state index contributed by atoms with van der Waals surface area (Å²) in [4.78, 5) is 11.2. The van der Waals surface area contributed by atoms with Gasteiger partial charge in [0.1, 0.15) is 6.10 Å². The molecule has 1 rings (SSSR count). The maximum atomic E-state index is 11.2. The molecule has 2 unspecified atom stereocenters. The van der Waals surface area contributed by atoms with Gasteiger partial charge in [-0.15, -0.1) is 0 Å². The minimum atomic E-state index is -0.791. The summed E-state index contributed by atoms with van der Waals surface area (Å²) in [5, 5.41) is 20.5. The zero-order valence-electron chi connectivity index (χ0n) is 16.2. The van der Waals surface area contributed by atoms with Gasteiger partial charge in [-0.3, -0.25) is 4.79 Å². The molecule has 0 saturated heterocycles. The lowest BCUT2D eigenvalue weighted by Gasteiger charge is -2.03. The number of hydrogen-bond donors (Lipinski definition) is 2. The lowest BCUT2D eigenvalue weighted by atomic mass is 10.1. The molecule has 2 atom stereocenters. The smallest absolute Gasteiger partial charge is 0.305 e. The summed E-state index contributed by atoms with van der Waals surface area (Å²) in [6.07, 6.45) is 6.46. The Hall–Kier alpha value is -2.21. The normalized spacial score (nSPS) is 12.7. The molecule has 4 nitrogen and oxygen atoms in total. The molecule has 0 aliphatic rings. The maximum absolute atomic E-state index is 11.2. The van der Waals surface area contributed by atoms with E-state index in [0.29, 0.717) is 29.5 Å².